The molecular weight excluding hydrogens is 482 g/mol. The monoisotopic (exact) mass is 513 g/mol. The number of ether oxygens (including phenoxy) is 3. The highest BCUT2D eigenvalue weighted by Crippen LogP contribution is 2.32. The Hall–Kier alpha value is -3.49. The van der Waals surface area contributed by atoms with Crippen LogP contribution < -0.4 is 4.74 Å². The summed E-state index contributed by atoms with van der Waals surface area (Å²) in [5, 5.41) is 40.5. The molecule has 14 heteroatoms. The fourth-order valence-corrected chi connectivity index (χ4v) is 3.35. The van der Waals surface area contributed by atoms with Gasteiger partial charge in [0.1, 0.15) is 12.7 Å². The molecule has 0 saturated carbocycles. The molecular formula is C22H31N3O11. The van der Waals surface area contributed by atoms with Crippen molar-refractivity contribution in [3.63, 3.8) is 0 Å². The summed E-state index contributed by atoms with van der Waals surface area (Å²) in [4.78, 5) is 49.0. The van der Waals surface area contributed by atoms with E-state index in [4.69, 9.17) is 19.3 Å². The second kappa shape index (κ2) is 12.5. The largest absolute Gasteiger partial charge is 0.479 e. The van der Waals surface area contributed by atoms with Crippen LogP contribution in [0, 0.1) is 16.0 Å². The highest BCUT2D eigenvalue weighted by Gasteiger charge is 2.42. The van der Waals surface area contributed by atoms with E-state index in [0.717, 1.165) is 6.07 Å². The van der Waals surface area contributed by atoms with Crippen LogP contribution in [-0.2, 0) is 25.7 Å². The van der Waals surface area contributed by atoms with Gasteiger partial charge in [-0.3, -0.25) is 14.9 Å². The number of likely N-dealkylation sites (N-methyl/N-ethyl adjacent to an activating group) is 2. The zero-order chi connectivity index (χ0) is 27.2. The SMILES string of the molecule is CC(C)C(=O)N(C)CCN(C)C(=O)OCc1ccc(O[C@@H]2O[C@H](C(=O)O)[C@@H](O)C[C@H]2O)c([N+](=O)[O-])c1. The number of carboxylic acid groups (broad SMARTS) is 1. The Balaban J connectivity index is 2.00. The van der Waals surface area contributed by atoms with Crippen LogP contribution >= 0.6 is 0 Å². The van der Waals surface area contributed by atoms with Gasteiger partial charge in [-0.25, -0.2) is 9.59 Å². The fraction of sp³-hybridized carbons (Fsp3) is 0.591. The average Bonchev–Trinajstić information content (AvgIpc) is 2.81. The Bertz CT molecular complexity index is 971. The summed E-state index contributed by atoms with van der Waals surface area (Å²) in [6, 6.07) is 3.70. The second-order valence-electron chi connectivity index (χ2n) is 8.70. The molecule has 4 atom stereocenters. The molecule has 0 spiro atoms. The zero-order valence-corrected chi connectivity index (χ0v) is 20.4. The highest BCUT2D eigenvalue weighted by atomic mass is 16.7. The van der Waals surface area contributed by atoms with Gasteiger partial charge in [0.25, 0.3) is 0 Å². The first kappa shape index (κ1) is 28.7. The number of aliphatic carboxylic acids is 1. The van der Waals surface area contributed by atoms with E-state index in [2.05, 4.69) is 0 Å². The maximum absolute atomic E-state index is 12.3. The van der Waals surface area contributed by atoms with Gasteiger partial charge in [0.15, 0.2) is 11.9 Å². The number of nitrogens with zero attached hydrogens (tertiary/aromatic N) is 3. The summed E-state index contributed by atoms with van der Waals surface area (Å²) in [5.74, 6) is -2.02. The number of aliphatic hydroxyl groups is 2. The predicted octanol–water partition coefficient (Wildman–Crippen LogP) is 0.578. The first-order chi connectivity index (χ1) is 16.8. The average molecular weight is 514 g/mol. The van der Waals surface area contributed by atoms with E-state index in [1.165, 1.54) is 29.0 Å². The Morgan fingerprint density at radius 2 is 1.81 bits per heavy atom. The molecule has 2 amide bonds. The van der Waals surface area contributed by atoms with E-state index in [9.17, 15) is 34.7 Å². The smallest absolute Gasteiger partial charge is 0.409 e. The van der Waals surface area contributed by atoms with Crippen molar-refractivity contribution in [2.24, 2.45) is 5.92 Å². The normalized spacial score (nSPS) is 21.5. The summed E-state index contributed by atoms with van der Waals surface area (Å²) in [6.07, 6.45) is -7.19. The van der Waals surface area contributed by atoms with Gasteiger partial charge >= 0.3 is 17.7 Å². The molecule has 1 heterocycles. The van der Waals surface area contributed by atoms with Gasteiger partial charge in [0.2, 0.25) is 12.2 Å². The van der Waals surface area contributed by atoms with Gasteiger partial charge in [-0.05, 0) is 11.6 Å². The molecule has 0 aromatic heterocycles. The predicted molar refractivity (Wildman–Crippen MR) is 122 cm³/mol. The first-order valence-electron chi connectivity index (χ1n) is 11.1. The number of nitro groups is 1. The minimum absolute atomic E-state index is 0.0628. The number of amides is 2. The van der Waals surface area contributed by atoms with Crippen LogP contribution in [0.5, 0.6) is 5.75 Å². The fourth-order valence-electron chi connectivity index (χ4n) is 3.35. The van der Waals surface area contributed by atoms with E-state index in [1.54, 1.807) is 20.9 Å². The quantitative estimate of drug-likeness (QED) is 0.293. The van der Waals surface area contributed by atoms with Crippen LogP contribution in [0.4, 0.5) is 10.5 Å². The van der Waals surface area contributed by atoms with Gasteiger partial charge < -0.3 is 39.3 Å². The van der Waals surface area contributed by atoms with Crippen LogP contribution in [0.15, 0.2) is 18.2 Å². The Labute approximate surface area is 207 Å². The molecule has 200 valence electrons. The minimum atomic E-state index is -1.67. The van der Waals surface area contributed by atoms with E-state index in [1.807, 2.05) is 0 Å². The number of carboxylic acids is 1. The third kappa shape index (κ3) is 7.50. The molecule has 0 unspecified atom stereocenters. The van der Waals surface area contributed by atoms with Crippen LogP contribution in [0.1, 0.15) is 25.8 Å². The van der Waals surface area contributed by atoms with E-state index < -0.39 is 47.3 Å². The maximum Gasteiger partial charge on any atom is 0.409 e. The lowest BCUT2D eigenvalue weighted by Crippen LogP contribution is -2.52. The molecule has 0 aliphatic carbocycles. The third-order valence-corrected chi connectivity index (χ3v) is 5.45. The summed E-state index contributed by atoms with van der Waals surface area (Å²) in [6.45, 7) is 3.77. The van der Waals surface area contributed by atoms with Crippen LogP contribution in [-0.4, -0.2) is 99.8 Å². The Kier molecular flexibility index (Phi) is 9.95. The maximum atomic E-state index is 12.3. The van der Waals surface area contributed by atoms with Crippen molar-refractivity contribution in [3.8, 4) is 5.75 Å². The van der Waals surface area contributed by atoms with Crippen LogP contribution in [0.2, 0.25) is 0 Å². The molecule has 2 rings (SSSR count). The van der Waals surface area contributed by atoms with Crippen molar-refractivity contribution in [2.75, 3.05) is 27.2 Å². The number of hydrogen-bond donors (Lipinski definition) is 3. The first-order valence-corrected chi connectivity index (χ1v) is 11.1. The molecule has 0 radical (unpaired) electrons. The minimum Gasteiger partial charge on any atom is -0.479 e. The summed E-state index contributed by atoms with van der Waals surface area (Å²) in [7, 11) is 3.12. The van der Waals surface area contributed by atoms with Gasteiger partial charge in [-0.1, -0.05) is 19.9 Å². The number of benzene rings is 1. The molecule has 1 aromatic carbocycles. The standard InChI is InChI=1S/C22H31N3O11/c1-12(2)19(28)23(3)7-8-24(4)22(31)34-11-13-5-6-17(14(9-13)25(32)33)35-21-16(27)10-15(26)18(36-21)20(29)30/h5-6,9,12,15-16,18,21,26-27H,7-8,10-11H2,1-4H3,(H,29,30)/t15-,16+,18-,21+/m0/s1. The van der Waals surface area contributed by atoms with Crippen molar-refractivity contribution in [1.82, 2.24) is 9.80 Å². The molecule has 1 fully saturated rings. The molecule has 36 heavy (non-hydrogen) atoms. The molecule has 1 aromatic rings. The van der Waals surface area contributed by atoms with E-state index >= 15 is 0 Å². The van der Waals surface area contributed by atoms with E-state index in [-0.39, 0.29) is 42.7 Å². The van der Waals surface area contributed by atoms with Crippen molar-refractivity contribution in [3.05, 3.63) is 33.9 Å². The van der Waals surface area contributed by atoms with E-state index in [0.29, 0.717) is 6.54 Å². The molecule has 3 N–H and O–H groups in total. The lowest BCUT2D eigenvalue weighted by molar-refractivity contribution is -0.386. The van der Waals surface area contributed by atoms with Crippen LogP contribution in [0.25, 0.3) is 0 Å². The van der Waals surface area contributed by atoms with Gasteiger partial charge in [-0.15, -0.1) is 0 Å². The molecule has 1 aliphatic heterocycles. The lowest BCUT2D eigenvalue weighted by atomic mass is 10.0. The number of aliphatic hydroxyl groups excluding tert-OH is 2. The lowest BCUT2D eigenvalue weighted by Gasteiger charge is -2.34. The van der Waals surface area contributed by atoms with Crippen LogP contribution in [0.3, 0.4) is 0 Å². The number of rotatable bonds is 10. The summed E-state index contributed by atoms with van der Waals surface area (Å²) >= 11 is 0. The third-order valence-electron chi connectivity index (χ3n) is 5.45. The van der Waals surface area contributed by atoms with Gasteiger partial charge in [-0.2, -0.15) is 0 Å². The van der Waals surface area contributed by atoms with Crippen molar-refractivity contribution in [1.29, 1.82) is 0 Å². The second-order valence-corrected chi connectivity index (χ2v) is 8.70. The molecule has 1 saturated heterocycles. The zero-order valence-electron chi connectivity index (χ0n) is 20.4. The summed E-state index contributed by atoms with van der Waals surface area (Å²) < 4.78 is 15.6. The molecule has 1 aliphatic rings. The van der Waals surface area contributed by atoms with Gasteiger partial charge in [0, 0.05) is 45.6 Å². The Morgan fingerprint density at radius 1 is 1.17 bits per heavy atom. The van der Waals surface area contributed by atoms with Crippen molar-refractivity contribution < 1.29 is 48.8 Å². The van der Waals surface area contributed by atoms with Gasteiger partial charge in [0.05, 0.1) is 11.0 Å². The highest BCUT2D eigenvalue weighted by molar-refractivity contribution is 5.77. The number of hydrogen-bond acceptors (Lipinski definition) is 10. The summed E-state index contributed by atoms with van der Waals surface area (Å²) in [5.41, 5.74) is -0.258. The molecule has 14 nitrogen and oxygen atoms in total. The number of nitro benzene ring substituents is 1. The number of carbonyl (C=O) groups is 3. The van der Waals surface area contributed by atoms with Crippen molar-refractivity contribution >= 4 is 23.7 Å². The molecule has 0 bridgehead atoms. The number of carbonyl (C=O) groups excluding carboxylic acids is 2. The topological polar surface area (TPSA) is 189 Å². The van der Waals surface area contributed by atoms with Crippen molar-refractivity contribution in [2.45, 2.75) is 51.5 Å². The Morgan fingerprint density at radius 3 is 2.39 bits per heavy atom.